The summed E-state index contributed by atoms with van der Waals surface area (Å²) in [5.74, 6) is 1.34. The molecule has 178 valence electrons. The number of hydrogen-bond acceptors (Lipinski definition) is 6. The second-order valence-electron chi connectivity index (χ2n) is 8.13. The zero-order chi connectivity index (χ0) is 24.6. The maximum Gasteiger partial charge on any atom is 0.222 e. The van der Waals surface area contributed by atoms with Gasteiger partial charge in [-0.3, -0.25) is 5.41 Å². The molecule has 7 heteroatoms. The van der Waals surface area contributed by atoms with Gasteiger partial charge in [-0.25, -0.2) is 9.97 Å². The molecule has 0 saturated carbocycles. The van der Waals surface area contributed by atoms with Gasteiger partial charge in [0.25, 0.3) is 0 Å². The summed E-state index contributed by atoms with van der Waals surface area (Å²) in [7, 11) is 3.53. The Bertz CT molecular complexity index is 1300. The standard InChI is InChI=1S/C28H29N5O2/c1-31-27-25(15-20-6-5-7-21(14-20)16-34-2)28(33-18-32-27)35-17-19-10-12-22(13-11-19)23-8-3-4-9-24(23)26(29)30/h3-14,18H,15-17H2,1-2H3,(H3,29,30)(H,31,32,33). The molecule has 0 radical (unpaired) electrons. The lowest BCUT2D eigenvalue weighted by Crippen LogP contribution is -2.12. The van der Waals surface area contributed by atoms with Gasteiger partial charge in [0.15, 0.2) is 0 Å². The fraction of sp³-hybridized carbons (Fsp3) is 0.179. The van der Waals surface area contributed by atoms with Gasteiger partial charge in [-0.05, 0) is 27.8 Å². The monoisotopic (exact) mass is 467 g/mol. The van der Waals surface area contributed by atoms with Gasteiger partial charge in [0.2, 0.25) is 5.88 Å². The fourth-order valence-corrected chi connectivity index (χ4v) is 4.00. The fourth-order valence-electron chi connectivity index (χ4n) is 4.00. The summed E-state index contributed by atoms with van der Waals surface area (Å²) in [6.45, 7) is 0.930. The molecule has 0 aliphatic rings. The van der Waals surface area contributed by atoms with Crippen molar-refractivity contribution in [3.8, 4) is 17.0 Å². The number of aromatic nitrogens is 2. The van der Waals surface area contributed by atoms with E-state index in [2.05, 4.69) is 27.4 Å². The van der Waals surface area contributed by atoms with Crippen LogP contribution in [0.4, 0.5) is 5.82 Å². The zero-order valence-corrected chi connectivity index (χ0v) is 19.9. The molecule has 0 atom stereocenters. The molecule has 4 N–H and O–H groups in total. The Morgan fingerprint density at radius 1 is 0.914 bits per heavy atom. The average molecular weight is 468 g/mol. The summed E-state index contributed by atoms with van der Waals surface area (Å²) < 4.78 is 11.4. The molecule has 0 saturated heterocycles. The molecule has 1 heterocycles. The first-order chi connectivity index (χ1) is 17.1. The van der Waals surface area contributed by atoms with E-state index in [9.17, 15) is 0 Å². The number of benzene rings is 3. The molecule has 35 heavy (non-hydrogen) atoms. The van der Waals surface area contributed by atoms with Crippen LogP contribution in [0.5, 0.6) is 5.88 Å². The summed E-state index contributed by atoms with van der Waals surface area (Å²) in [5.41, 5.74) is 12.5. The Balaban J connectivity index is 1.52. The molecule has 0 aliphatic heterocycles. The number of anilines is 1. The lowest BCUT2D eigenvalue weighted by molar-refractivity contribution is 0.185. The van der Waals surface area contributed by atoms with Gasteiger partial charge >= 0.3 is 0 Å². The quantitative estimate of drug-likeness (QED) is 0.229. The molecule has 3 aromatic carbocycles. The van der Waals surface area contributed by atoms with Crippen LogP contribution in [0.1, 0.15) is 27.8 Å². The number of nitrogens with one attached hydrogen (secondary N) is 2. The van der Waals surface area contributed by atoms with Crippen LogP contribution in [0, 0.1) is 5.41 Å². The van der Waals surface area contributed by atoms with Crippen LogP contribution in [0.3, 0.4) is 0 Å². The van der Waals surface area contributed by atoms with Gasteiger partial charge in [-0.15, -0.1) is 0 Å². The first-order valence-electron chi connectivity index (χ1n) is 11.3. The third-order valence-electron chi connectivity index (χ3n) is 5.68. The minimum Gasteiger partial charge on any atom is -0.472 e. The summed E-state index contributed by atoms with van der Waals surface area (Å²) in [5, 5.41) is 11.0. The normalized spacial score (nSPS) is 10.7. The Morgan fingerprint density at radius 3 is 2.43 bits per heavy atom. The van der Waals surface area contributed by atoms with Crippen LogP contribution < -0.4 is 15.8 Å². The van der Waals surface area contributed by atoms with Crippen LogP contribution in [0.2, 0.25) is 0 Å². The van der Waals surface area contributed by atoms with Gasteiger partial charge in [0.1, 0.15) is 24.6 Å². The highest BCUT2D eigenvalue weighted by Gasteiger charge is 2.14. The SMILES string of the molecule is CNc1ncnc(OCc2ccc(-c3ccccc3C(=N)N)cc2)c1Cc1cccc(COC)c1. The molecule has 0 bridgehead atoms. The summed E-state index contributed by atoms with van der Waals surface area (Å²) >= 11 is 0. The van der Waals surface area contributed by atoms with Gasteiger partial charge in [0.05, 0.1) is 12.2 Å². The molecular weight excluding hydrogens is 438 g/mol. The van der Waals surface area contributed by atoms with Gasteiger partial charge in [-0.2, -0.15) is 0 Å². The number of nitrogens with zero attached hydrogens (tertiary/aromatic N) is 2. The zero-order valence-electron chi connectivity index (χ0n) is 19.9. The molecule has 4 aromatic rings. The third-order valence-corrected chi connectivity index (χ3v) is 5.68. The van der Waals surface area contributed by atoms with Crippen molar-refractivity contribution in [3.05, 3.63) is 107 Å². The van der Waals surface area contributed by atoms with E-state index in [4.69, 9.17) is 20.6 Å². The number of nitrogen functional groups attached to an aromatic ring is 1. The highest BCUT2D eigenvalue weighted by atomic mass is 16.5. The Hall–Kier alpha value is -4.23. The summed E-state index contributed by atoms with van der Waals surface area (Å²) in [6, 6.07) is 24.0. The maximum absolute atomic E-state index is 7.83. The minimum absolute atomic E-state index is 0.0531. The summed E-state index contributed by atoms with van der Waals surface area (Å²) in [4.78, 5) is 8.80. The third kappa shape index (κ3) is 5.83. The van der Waals surface area contributed by atoms with E-state index in [1.165, 1.54) is 6.33 Å². The number of methoxy groups -OCH3 is 1. The molecule has 4 rings (SSSR count). The van der Waals surface area contributed by atoms with Crippen molar-refractivity contribution in [1.29, 1.82) is 5.41 Å². The summed E-state index contributed by atoms with van der Waals surface area (Å²) in [6.07, 6.45) is 2.14. The smallest absolute Gasteiger partial charge is 0.222 e. The minimum atomic E-state index is 0.0531. The van der Waals surface area contributed by atoms with Crippen LogP contribution in [-0.4, -0.2) is 30.0 Å². The van der Waals surface area contributed by atoms with E-state index < -0.39 is 0 Å². The van der Waals surface area contributed by atoms with E-state index in [1.54, 1.807) is 7.11 Å². The van der Waals surface area contributed by atoms with E-state index in [0.29, 0.717) is 25.5 Å². The van der Waals surface area contributed by atoms with Crippen molar-refractivity contribution in [2.45, 2.75) is 19.6 Å². The Kier molecular flexibility index (Phi) is 7.70. The van der Waals surface area contributed by atoms with E-state index >= 15 is 0 Å². The van der Waals surface area contributed by atoms with Crippen LogP contribution in [0.25, 0.3) is 11.1 Å². The Morgan fingerprint density at radius 2 is 1.69 bits per heavy atom. The van der Waals surface area contributed by atoms with E-state index in [1.807, 2.05) is 67.7 Å². The number of hydrogen-bond donors (Lipinski definition) is 3. The molecule has 0 unspecified atom stereocenters. The van der Waals surface area contributed by atoms with Gasteiger partial charge < -0.3 is 20.5 Å². The van der Waals surface area contributed by atoms with Crippen molar-refractivity contribution in [1.82, 2.24) is 9.97 Å². The number of amidine groups is 1. The maximum atomic E-state index is 7.83. The number of ether oxygens (including phenoxy) is 2. The van der Waals surface area contributed by atoms with Crippen LogP contribution >= 0.6 is 0 Å². The highest BCUT2D eigenvalue weighted by Crippen LogP contribution is 2.27. The number of rotatable bonds is 10. The molecule has 0 fully saturated rings. The molecular formula is C28H29N5O2. The van der Waals surface area contributed by atoms with Crippen LogP contribution in [-0.2, 0) is 24.4 Å². The van der Waals surface area contributed by atoms with Crippen molar-refractivity contribution in [2.24, 2.45) is 5.73 Å². The van der Waals surface area contributed by atoms with Crippen molar-refractivity contribution in [3.63, 3.8) is 0 Å². The average Bonchev–Trinajstić information content (AvgIpc) is 2.89. The number of nitrogens with two attached hydrogens (primary N) is 1. The lowest BCUT2D eigenvalue weighted by atomic mass is 9.98. The molecule has 0 aliphatic carbocycles. The lowest BCUT2D eigenvalue weighted by Gasteiger charge is -2.14. The second kappa shape index (κ2) is 11.3. The van der Waals surface area contributed by atoms with Gasteiger partial charge in [-0.1, -0.05) is 72.8 Å². The first kappa shape index (κ1) is 23.9. The van der Waals surface area contributed by atoms with Crippen LogP contribution in [0.15, 0.2) is 79.1 Å². The molecule has 0 amide bonds. The Labute approximate surface area is 205 Å². The topological polar surface area (TPSA) is 106 Å². The first-order valence-corrected chi connectivity index (χ1v) is 11.3. The van der Waals surface area contributed by atoms with Crippen molar-refractivity contribution >= 4 is 11.7 Å². The van der Waals surface area contributed by atoms with E-state index in [0.717, 1.165) is 44.8 Å². The predicted molar refractivity (Wildman–Crippen MR) is 139 cm³/mol. The van der Waals surface area contributed by atoms with Crippen molar-refractivity contribution in [2.75, 3.05) is 19.5 Å². The highest BCUT2D eigenvalue weighted by molar-refractivity contribution is 6.01. The van der Waals surface area contributed by atoms with Crippen molar-refractivity contribution < 1.29 is 9.47 Å². The second-order valence-corrected chi connectivity index (χ2v) is 8.13. The molecule has 1 aromatic heterocycles. The molecule has 0 spiro atoms. The predicted octanol–water partition coefficient (Wildman–Crippen LogP) is 4.79. The largest absolute Gasteiger partial charge is 0.472 e. The molecule has 7 nitrogen and oxygen atoms in total. The van der Waals surface area contributed by atoms with E-state index in [-0.39, 0.29) is 5.84 Å². The van der Waals surface area contributed by atoms with Gasteiger partial charge in [0, 0.05) is 26.1 Å².